The molecule has 4 rings (SSSR count). The Balaban J connectivity index is 1.36. The summed E-state index contributed by atoms with van der Waals surface area (Å²) in [5.74, 6) is 1.25. The second-order valence-electron chi connectivity index (χ2n) is 7.38. The van der Waals surface area contributed by atoms with E-state index in [2.05, 4.69) is 35.0 Å². The molecule has 0 bridgehead atoms. The van der Waals surface area contributed by atoms with Crippen molar-refractivity contribution in [2.75, 3.05) is 37.7 Å². The van der Waals surface area contributed by atoms with Gasteiger partial charge in [-0.2, -0.15) is 0 Å². The zero-order chi connectivity index (χ0) is 20.2. The average molecular weight is 429 g/mol. The Morgan fingerprint density at radius 2 is 1.97 bits per heavy atom. The van der Waals surface area contributed by atoms with Crippen molar-refractivity contribution in [1.29, 1.82) is 0 Å². The first-order valence-corrected chi connectivity index (χ1v) is 11.4. The second-order valence-corrected chi connectivity index (χ2v) is 9.28. The second kappa shape index (κ2) is 8.92. The molecule has 0 radical (unpaired) electrons. The van der Waals surface area contributed by atoms with Crippen LogP contribution in [0.5, 0.6) is 5.75 Å². The summed E-state index contributed by atoms with van der Waals surface area (Å²) in [5, 5.41) is 12.6. The van der Waals surface area contributed by atoms with Crippen molar-refractivity contribution in [2.45, 2.75) is 13.8 Å². The van der Waals surface area contributed by atoms with E-state index in [9.17, 15) is 4.79 Å². The number of hydrogen-bond donors (Lipinski definition) is 0. The van der Waals surface area contributed by atoms with Crippen molar-refractivity contribution < 1.29 is 9.53 Å². The number of aromatic nitrogens is 2. The lowest BCUT2D eigenvalue weighted by molar-refractivity contribution is 0.0746. The number of hydrogen-bond acceptors (Lipinski definition) is 7. The van der Waals surface area contributed by atoms with E-state index in [-0.39, 0.29) is 5.91 Å². The molecular weight excluding hydrogens is 404 g/mol. The van der Waals surface area contributed by atoms with Crippen molar-refractivity contribution in [1.82, 2.24) is 15.1 Å². The summed E-state index contributed by atoms with van der Waals surface area (Å²) in [5.41, 5.74) is 0.676. The first-order valence-electron chi connectivity index (χ1n) is 9.74. The number of rotatable bonds is 6. The first-order chi connectivity index (χ1) is 14.1. The fourth-order valence-electron chi connectivity index (χ4n) is 3.11. The number of anilines is 1. The van der Waals surface area contributed by atoms with Crippen LogP contribution < -0.4 is 9.64 Å². The van der Waals surface area contributed by atoms with Crippen LogP contribution in [0.2, 0.25) is 0 Å². The third-order valence-electron chi connectivity index (χ3n) is 4.65. The maximum Gasteiger partial charge on any atom is 0.254 e. The molecule has 0 N–H and O–H groups in total. The van der Waals surface area contributed by atoms with Crippen molar-refractivity contribution >= 4 is 33.7 Å². The Kier molecular flexibility index (Phi) is 6.10. The summed E-state index contributed by atoms with van der Waals surface area (Å²) < 4.78 is 5.76. The van der Waals surface area contributed by atoms with Gasteiger partial charge in [-0.1, -0.05) is 37.3 Å². The Morgan fingerprint density at radius 1 is 1.14 bits per heavy atom. The highest BCUT2D eigenvalue weighted by Gasteiger charge is 2.24. The van der Waals surface area contributed by atoms with Gasteiger partial charge in [-0.05, 0) is 35.6 Å². The zero-order valence-corrected chi connectivity index (χ0v) is 18.2. The fraction of sp³-hybridized carbons (Fsp3) is 0.381. The lowest BCUT2D eigenvalue weighted by atomic mass is 10.1. The molecule has 1 aromatic carbocycles. The summed E-state index contributed by atoms with van der Waals surface area (Å²) in [6.45, 7) is 7.72. The van der Waals surface area contributed by atoms with E-state index in [1.165, 1.54) is 0 Å². The number of piperazine rings is 1. The molecule has 3 heterocycles. The predicted molar refractivity (Wildman–Crippen MR) is 118 cm³/mol. The van der Waals surface area contributed by atoms with Crippen LogP contribution in [0.3, 0.4) is 0 Å². The molecule has 1 aliphatic heterocycles. The highest BCUT2D eigenvalue weighted by molar-refractivity contribution is 7.22. The Bertz CT molecular complexity index is 947. The van der Waals surface area contributed by atoms with E-state index in [1.54, 1.807) is 22.7 Å². The van der Waals surface area contributed by atoms with E-state index in [0.29, 0.717) is 31.2 Å². The van der Waals surface area contributed by atoms with Crippen molar-refractivity contribution in [2.24, 2.45) is 5.92 Å². The minimum atomic E-state index is 0.0520. The molecule has 3 aromatic rings. The molecule has 0 atom stereocenters. The van der Waals surface area contributed by atoms with Gasteiger partial charge in [-0.3, -0.25) is 4.79 Å². The quantitative estimate of drug-likeness (QED) is 0.587. The summed E-state index contributed by atoms with van der Waals surface area (Å²) in [4.78, 5) is 18.2. The van der Waals surface area contributed by atoms with E-state index < -0.39 is 0 Å². The third kappa shape index (κ3) is 4.76. The largest absolute Gasteiger partial charge is 0.493 e. The first kappa shape index (κ1) is 19.8. The van der Waals surface area contributed by atoms with Crippen LogP contribution in [-0.2, 0) is 0 Å². The molecule has 1 amide bonds. The van der Waals surface area contributed by atoms with Crippen LogP contribution in [0.1, 0.15) is 24.2 Å². The minimum absolute atomic E-state index is 0.0520. The molecule has 1 fully saturated rings. The third-order valence-corrected chi connectivity index (χ3v) is 6.67. The number of amides is 1. The predicted octanol–water partition coefficient (Wildman–Crippen LogP) is 4.26. The van der Waals surface area contributed by atoms with Crippen molar-refractivity contribution in [3.8, 4) is 15.6 Å². The number of carbonyl (C=O) groups excluding carboxylic acids is 1. The van der Waals surface area contributed by atoms with Crippen molar-refractivity contribution in [3.63, 3.8) is 0 Å². The smallest absolute Gasteiger partial charge is 0.254 e. The summed E-state index contributed by atoms with van der Waals surface area (Å²) in [6, 6.07) is 11.6. The fourth-order valence-corrected chi connectivity index (χ4v) is 4.80. The standard InChI is InChI=1S/C21H24N4O2S2/c1-15(2)14-27-17-6-3-5-16(13-17)20(26)24-8-10-25(11-9-24)21-23-22-19(29-21)18-7-4-12-28-18/h3-7,12-13,15H,8-11,14H2,1-2H3. The molecule has 1 saturated heterocycles. The van der Waals surface area contributed by atoms with E-state index >= 15 is 0 Å². The van der Waals surface area contributed by atoms with Crippen LogP contribution in [0.4, 0.5) is 5.13 Å². The number of thiophene rings is 1. The number of benzene rings is 1. The van der Waals surface area contributed by atoms with Gasteiger partial charge in [0.2, 0.25) is 5.13 Å². The maximum atomic E-state index is 12.9. The monoisotopic (exact) mass is 428 g/mol. The van der Waals surface area contributed by atoms with Gasteiger partial charge in [0.15, 0.2) is 5.01 Å². The molecule has 29 heavy (non-hydrogen) atoms. The van der Waals surface area contributed by atoms with Gasteiger partial charge in [0.1, 0.15) is 5.75 Å². The summed E-state index contributed by atoms with van der Waals surface area (Å²) in [7, 11) is 0. The molecule has 8 heteroatoms. The molecule has 6 nitrogen and oxygen atoms in total. The van der Waals surface area contributed by atoms with Gasteiger partial charge >= 0.3 is 0 Å². The lowest BCUT2D eigenvalue weighted by Gasteiger charge is -2.34. The van der Waals surface area contributed by atoms with E-state index in [0.717, 1.165) is 33.9 Å². The lowest BCUT2D eigenvalue weighted by Crippen LogP contribution is -2.48. The van der Waals surface area contributed by atoms with E-state index in [4.69, 9.17) is 4.74 Å². The van der Waals surface area contributed by atoms with Gasteiger partial charge in [0.05, 0.1) is 11.5 Å². The van der Waals surface area contributed by atoms with E-state index in [1.807, 2.05) is 40.6 Å². The maximum absolute atomic E-state index is 12.9. The number of nitrogens with zero attached hydrogens (tertiary/aromatic N) is 4. The van der Waals surface area contributed by atoms with Gasteiger partial charge in [0, 0.05) is 31.7 Å². The molecular formula is C21H24N4O2S2. The Hall–Kier alpha value is -2.45. The average Bonchev–Trinajstić information content (AvgIpc) is 3.44. The zero-order valence-electron chi connectivity index (χ0n) is 16.6. The number of carbonyl (C=O) groups is 1. The SMILES string of the molecule is CC(C)COc1cccc(C(=O)N2CCN(c3nnc(-c4cccs4)s3)CC2)c1. The van der Waals surface area contributed by atoms with Crippen LogP contribution in [0.15, 0.2) is 41.8 Å². The summed E-state index contributed by atoms with van der Waals surface area (Å²) in [6.07, 6.45) is 0. The molecule has 0 unspecified atom stereocenters. The van der Waals surface area contributed by atoms with Crippen LogP contribution >= 0.6 is 22.7 Å². The molecule has 0 aliphatic carbocycles. The molecule has 0 saturated carbocycles. The van der Waals surface area contributed by atoms with Crippen LogP contribution in [-0.4, -0.2) is 53.8 Å². The van der Waals surface area contributed by atoms with Gasteiger partial charge in [0.25, 0.3) is 5.91 Å². The van der Waals surface area contributed by atoms with Gasteiger partial charge < -0.3 is 14.5 Å². The number of ether oxygens (including phenoxy) is 1. The highest BCUT2D eigenvalue weighted by atomic mass is 32.1. The molecule has 2 aromatic heterocycles. The molecule has 0 spiro atoms. The summed E-state index contributed by atoms with van der Waals surface area (Å²) >= 11 is 3.28. The molecule has 152 valence electrons. The normalized spacial score (nSPS) is 14.4. The molecule has 1 aliphatic rings. The van der Waals surface area contributed by atoms with Crippen LogP contribution in [0.25, 0.3) is 9.88 Å². The minimum Gasteiger partial charge on any atom is -0.493 e. The highest BCUT2D eigenvalue weighted by Crippen LogP contribution is 2.32. The Morgan fingerprint density at radius 3 is 2.69 bits per heavy atom. The van der Waals surface area contributed by atoms with Crippen LogP contribution in [0, 0.1) is 5.92 Å². The van der Waals surface area contributed by atoms with Gasteiger partial charge in [-0.25, -0.2) is 0 Å². The Labute approximate surface area is 178 Å². The van der Waals surface area contributed by atoms with Crippen molar-refractivity contribution in [3.05, 3.63) is 47.3 Å². The topological polar surface area (TPSA) is 58.6 Å². The van der Waals surface area contributed by atoms with Gasteiger partial charge in [-0.15, -0.1) is 21.5 Å².